The summed E-state index contributed by atoms with van der Waals surface area (Å²) in [5.74, 6) is 0.377. The first-order valence-electron chi connectivity index (χ1n) is 8.04. The first-order valence-corrected chi connectivity index (χ1v) is 8.42. The van der Waals surface area contributed by atoms with Crippen LogP contribution in [-0.4, -0.2) is 16.2 Å². The van der Waals surface area contributed by atoms with Gasteiger partial charge in [-0.1, -0.05) is 29.8 Å². The van der Waals surface area contributed by atoms with Gasteiger partial charge < -0.3 is 4.74 Å². The first-order chi connectivity index (χ1) is 13.0. The maximum Gasteiger partial charge on any atom is 0.252 e. The Morgan fingerprint density at radius 3 is 2.89 bits per heavy atom. The van der Waals surface area contributed by atoms with Crippen molar-refractivity contribution in [3.63, 3.8) is 0 Å². The van der Waals surface area contributed by atoms with Gasteiger partial charge in [0.25, 0.3) is 5.56 Å². The maximum atomic E-state index is 13.8. The standard InChI is InChI=1S/C19H16ClFN4O2/c1-12-8-18(26)24-19(23-12)25-22-10-13-4-2-5-14(9-13)27-11-15-16(20)6-3-7-17(15)21/h2-10H,11H2,1H3,(H2,23,24,25,26)/b22-10-. The van der Waals surface area contributed by atoms with Gasteiger partial charge in [0, 0.05) is 17.3 Å². The Hall–Kier alpha value is -3.19. The van der Waals surface area contributed by atoms with Gasteiger partial charge in [-0.15, -0.1) is 0 Å². The van der Waals surface area contributed by atoms with E-state index in [0.717, 1.165) is 5.56 Å². The molecule has 1 heterocycles. The van der Waals surface area contributed by atoms with Gasteiger partial charge in [0.2, 0.25) is 5.95 Å². The van der Waals surface area contributed by atoms with Crippen molar-refractivity contribution in [2.45, 2.75) is 13.5 Å². The van der Waals surface area contributed by atoms with Gasteiger partial charge in [-0.05, 0) is 36.8 Å². The van der Waals surface area contributed by atoms with E-state index in [1.165, 1.54) is 12.1 Å². The van der Waals surface area contributed by atoms with Gasteiger partial charge in [-0.2, -0.15) is 5.10 Å². The van der Waals surface area contributed by atoms with Crippen molar-refractivity contribution in [3.05, 3.63) is 86.5 Å². The number of aromatic nitrogens is 2. The lowest BCUT2D eigenvalue weighted by molar-refractivity contribution is 0.300. The number of rotatable bonds is 6. The van der Waals surface area contributed by atoms with E-state index in [-0.39, 0.29) is 18.1 Å². The van der Waals surface area contributed by atoms with Crippen molar-refractivity contribution < 1.29 is 9.13 Å². The molecule has 3 aromatic rings. The molecular weight excluding hydrogens is 371 g/mol. The smallest absolute Gasteiger partial charge is 0.252 e. The summed E-state index contributed by atoms with van der Waals surface area (Å²) < 4.78 is 19.4. The topological polar surface area (TPSA) is 79.4 Å². The number of benzene rings is 2. The van der Waals surface area contributed by atoms with Crippen LogP contribution in [0.3, 0.4) is 0 Å². The van der Waals surface area contributed by atoms with Crippen LogP contribution in [0, 0.1) is 12.7 Å². The average Bonchev–Trinajstić information content (AvgIpc) is 2.61. The zero-order valence-electron chi connectivity index (χ0n) is 14.4. The molecule has 0 unspecified atom stereocenters. The van der Waals surface area contributed by atoms with Crippen LogP contribution in [0.15, 0.2) is 58.4 Å². The molecule has 0 aliphatic rings. The molecule has 0 radical (unpaired) electrons. The minimum absolute atomic E-state index is 0.0127. The van der Waals surface area contributed by atoms with E-state index < -0.39 is 5.82 Å². The summed E-state index contributed by atoms with van der Waals surface area (Å²) in [6.07, 6.45) is 1.55. The molecule has 1 aromatic heterocycles. The Bertz CT molecular complexity index is 1020. The van der Waals surface area contributed by atoms with E-state index in [1.54, 1.807) is 43.5 Å². The zero-order chi connectivity index (χ0) is 19.2. The number of ether oxygens (including phenoxy) is 1. The van der Waals surface area contributed by atoms with Crippen LogP contribution in [0.2, 0.25) is 5.02 Å². The van der Waals surface area contributed by atoms with E-state index in [2.05, 4.69) is 20.5 Å². The van der Waals surface area contributed by atoms with Gasteiger partial charge in [0.1, 0.15) is 18.2 Å². The molecule has 8 heteroatoms. The van der Waals surface area contributed by atoms with E-state index in [4.69, 9.17) is 16.3 Å². The van der Waals surface area contributed by atoms with Gasteiger partial charge in [0.15, 0.2) is 0 Å². The van der Waals surface area contributed by atoms with Crippen molar-refractivity contribution in [1.29, 1.82) is 0 Å². The van der Waals surface area contributed by atoms with Gasteiger partial charge in [-0.25, -0.2) is 14.8 Å². The molecule has 6 nitrogen and oxygen atoms in total. The van der Waals surface area contributed by atoms with Crippen molar-refractivity contribution in [2.75, 3.05) is 5.43 Å². The van der Waals surface area contributed by atoms with Gasteiger partial charge in [0.05, 0.1) is 11.2 Å². The molecule has 0 atom stereocenters. The third-order valence-electron chi connectivity index (χ3n) is 3.56. The number of nitrogens with one attached hydrogen (secondary N) is 2. The third-order valence-corrected chi connectivity index (χ3v) is 3.91. The molecule has 0 fully saturated rings. The minimum atomic E-state index is -0.413. The Morgan fingerprint density at radius 1 is 1.30 bits per heavy atom. The number of hydrogen-bond acceptors (Lipinski definition) is 5. The molecule has 0 saturated carbocycles. The fourth-order valence-electron chi connectivity index (χ4n) is 2.31. The number of anilines is 1. The van der Waals surface area contributed by atoms with E-state index in [9.17, 15) is 9.18 Å². The molecule has 2 N–H and O–H groups in total. The molecule has 0 saturated heterocycles. The largest absolute Gasteiger partial charge is 0.489 e. The Balaban J connectivity index is 1.65. The number of aromatic amines is 1. The number of H-pyrrole nitrogens is 1. The molecule has 3 rings (SSSR count). The molecule has 0 aliphatic heterocycles. The summed E-state index contributed by atoms with van der Waals surface area (Å²) in [4.78, 5) is 18.0. The van der Waals surface area contributed by atoms with Crippen molar-refractivity contribution >= 4 is 23.8 Å². The highest BCUT2D eigenvalue weighted by Gasteiger charge is 2.07. The third kappa shape index (κ3) is 5.15. The Morgan fingerprint density at radius 2 is 2.11 bits per heavy atom. The lowest BCUT2D eigenvalue weighted by atomic mass is 10.2. The van der Waals surface area contributed by atoms with Crippen LogP contribution < -0.4 is 15.7 Å². The fourth-order valence-corrected chi connectivity index (χ4v) is 2.53. The highest BCUT2D eigenvalue weighted by molar-refractivity contribution is 6.31. The SMILES string of the molecule is Cc1cc(=O)[nH]c(N/N=C\c2cccc(OCc3c(F)cccc3Cl)c2)n1. The molecule has 138 valence electrons. The summed E-state index contributed by atoms with van der Waals surface area (Å²) >= 11 is 6.00. The van der Waals surface area contributed by atoms with Crippen molar-refractivity contribution in [1.82, 2.24) is 9.97 Å². The Kier molecular flexibility index (Phi) is 5.83. The fraction of sp³-hybridized carbons (Fsp3) is 0.105. The molecule has 0 amide bonds. The van der Waals surface area contributed by atoms with Crippen LogP contribution >= 0.6 is 11.6 Å². The summed E-state index contributed by atoms with van der Waals surface area (Å²) in [5, 5.41) is 4.35. The van der Waals surface area contributed by atoms with Gasteiger partial charge in [-0.3, -0.25) is 9.78 Å². The van der Waals surface area contributed by atoms with Gasteiger partial charge >= 0.3 is 0 Å². The van der Waals surface area contributed by atoms with Crippen LogP contribution in [0.25, 0.3) is 0 Å². The number of halogens is 2. The second-order valence-corrected chi connectivity index (χ2v) is 6.07. The molecule has 0 bridgehead atoms. The van der Waals surface area contributed by atoms with E-state index in [0.29, 0.717) is 22.0 Å². The number of aryl methyl sites for hydroxylation is 1. The lowest BCUT2D eigenvalue weighted by Crippen LogP contribution is -2.10. The Labute approximate surface area is 159 Å². The summed E-state index contributed by atoms with van der Waals surface area (Å²) in [5.41, 5.74) is 4.03. The van der Waals surface area contributed by atoms with E-state index in [1.807, 2.05) is 6.07 Å². The van der Waals surface area contributed by atoms with Crippen LogP contribution in [0.5, 0.6) is 5.75 Å². The van der Waals surface area contributed by atoms with Crippen LogP contribution in [0.4, 0.5) is 10.3 Å². The zero-order valence-corrected chi connectivity index (χ0v) is 15.1. The molecule has 0 spiro atoms. The lowest BCUT2D eigenvalue weighted by Gasteiger charge is -2.09. The highest BCUT2D eigenvalue weighted by atomic mass is 35.5. The molecular formula is C19H16ClFN4O2. The summed E-state index contributed by atoms with van der Waals surface area (Å²) in [7, 11) is 0. The quantitative estimate of drug-likeness (QED) is 0.497. The van der Waals surface area contributed by atoms with Crippen LogP contribution in [-0.2, 0) is 6.61 Å². The molecule has 0 aliphatic carbocycles. The second-order valence-electron chi connectivity index (χ2n) is 5.67. The number of nitrogens with zero attached hydrogens (tertiary/aromatic N) is 2. The predicted molar refractivity (Wildman–Crippen MR) is 103 cm³/mol. The van der Waals surface area contributed by atoms with E-state index >= 15 is 0 Å². The molecule has 27 heavy (non-hydrogen) atoms. The van der Waals surface area contributed by atoms with Crippen molar-refractivity contribution in [3.8, 4) is 5.75 Å². The predicted octanol–water partition coefficient (Wildman–Crippen LogP) is 3.90. The monoisotopic (exact) mass is 386 g/mol. The van der Waals surface area contributed by atoms with Crippen LogP contribution in [0.1, 0.15) is 16.8 Å². The number of hydrogen-bond donors (Lipinski definition) is 2. The molecule has 2 aromatic carbocycles. The first kappa shape index (κ1) is 18.6. The maximum absolute atomic E-state index is 13.8. The number of hydrazone groups is 1. The normalized spacial score (nSPS) is 10.9. The summed E-state index contributed by atoms with van der Waals surface area (Å²) in [6.45, 7) is 1.73. The highest BCUT2D eigenvalue weighted by Crippen LogP contribution is 2.21. The second kappa shape index (κ2) is 8.46. The minimum Gasteiger partial charge on any atom is -0.489 e. The average molecular weight is 387 g/mol. The van der Waals surface area contributed by atoms with Crippen molar-refractivity contribution in [2.24, 2.45) is 5.10 Å². The summed E-state index contributed by atoms with van der Waals surface area (Å²) in [6, 6.07) is 13.0.